The number of amides is 1. The fourth-order valence-corrected chi connectivity index (χ4v) is 3.54. The second-order valence-electron chi connectivity index (χ2n) is 6.30. The zero-order valence-corrected chi connectivity index (χ0v) is 13.8. The van der Waals surface area contributed by atoms with Gasteiger partial charge in [0.2, 0.25) is 5.91 Å². The number of carbonyl (C=O) groups excluding carboxylic acids is 1. The number of hydrogen-bond acceptors (Lipinski definition) is 2. The lowest BCUT2D eigenvalue weighted by Gasteiger charge is -2.26. The number of aromatic amines is 1. The van der Waals surface area contributed by atoms with E-state index in [1.165, 1.54) is 43.5 Å². The van der Waals surface area contributed by atoms with Gasteiger partial charge in [0.25, 0.3) is 0 Å². The lowest BCUT2D eigenvalue weighted by atomic mass is 9.95. The molecule has 2 heterocycles. The maximum atomic E-state index is 11.9. The Labute approximate surface area is 136 Å². The number of aryl methyl sites for hydroxylation is 1. The summed E-state index contributed by atoms with van der Waals surface area (Å²) in [6, 6.07) is 2.79. The van der Waals surface area contributed by atoms with Crippen molar-refractivity contribution in [3.05, 3.63) is 41.5 Å². The first kappa shape index (κ1) is 15.6. The third-order valence-electron chi connectivity index (χ3n) is 4.64. The Hall–Kier alpha value is -2.30. The van der Waals surface area contributed by atoms with Gasteiger partial charge in [0.05, 0.1) is 11.9 Å². The molecule has 2 N–H and O–H groups in total. The van der Waals surface area contributed by atoms with E-state index >= 15 is 0 Å². The van der Waals surface area contributed by atoms with E-state index in [2.05, 4.69) is 40.0 Å². The van der Waals surface area contributed by atoms with E-state index in [0.29, 0.717) is 11.7 Å². The van der Waals surface area contributed by atoms with Crippen molar-refractivity contribution < 1.29 is 4.79 Å². The molecular weight excluding hydrogens is 288 g/mol. The Morgan fingerprint density at radius 3 is 2.83 bits per heavy atom. The molecule has 1 amide bonds. The van der Waals surface area contributed by atoms with E-state index in [1.54, 1.807) is 18.5 Å². The summed E-state index contributed by atoms with van der Waals surface area (Å²) in [6.45, 7) is 4.31. The Balaban J connectivity index is 1.72. The molecule has 2 aromatic rings. The van der Waals surface area contributed by atoms with Crippen molar-refractivity contribution in [3.63, 3.8) is 0 Å². The topological polar surface area (TPSA) is 62.7 Å². The quantitative estimate of drug-likeness (QED) is 0.839. The van der Waals surface area contributed by atoms with Gasteiger partial charge in [-0.2, -0.15) is 5.10 Å². The van der Waals surface area contributed by atoms with E-state index in [1.807, 2.05) is 6.08 Å². The fourth-order valence-electron chi connectivity index (χ4n) is 3.54. The van der Waals surface area contributed by atoms with E-state index in [4.69, 9.17) is 0 Å². The van der Waals surface area contributed by atoms with Crippen molar-refractivity contribution in [2.75, 3.05) is 5.32 Å². The van der Waals surface area contributed by atoms with E-state index in [9.17, 15) is 4.79 Å². The van der Waals surface area contributed by atoms with Gasteiger partial charge >= 0.3 is 0 Å². The molecule has 0 aliphatic heterocycles. The third kappa shape index (κ3) is 3.55. The molecule has 0 bridgehead atoms. The minimum absolute atomic E-state index is 0.145. The molecule has 122 valence electrons. The zero-order chi connectivity index (χ0) is 16.2. The van der Waals surface area contributed by atoms with Crippen molar-refractivity contribution in [2.24, 2.45) is 0 Å². The number of anilines is 1. The highest BCUT2D eigenvalue weighted by Gasteiger charge is 2.19. The first-order valence-corrected chi connectivity index (χ1v) is 8.31. The van der Waals surface area contributed by atoms with Gasteiger partial charge in [-0.1, -0.05) is 19.3 Å². The lowest BCUT2D eigenvalue weighted by Crippen LogP contribution is -2.15. The summed E-state index contributed by atoms with van der Waals surface area (Å²) < 4.78 is 2.45. The number of hydrogen-bond donors (Lipinski definition) is 2. The van der Waals surface area contributed by atoms with Crippen LogP contribution in [-0.2, 0) is 4.79 Å². The third-order valence-corrected chi connectivity index (χ3v) is 4.64. The molecule has 23 heavy (non-hydrogen) atoms. The molecule has 2 aromatic heterocycles. The second kappa shape index (κ2) is 6.86. The Bertz CT molecular complexity index is 691. The van der Waals surface area contributed by atoms with Crippen LogP contribution in [-0.4, -0.2) is 20.7 Å². The molecule has 0 aromatic carbocycles. The van der Waals surface area contributed by atoms with Crippen LogP contribution in [0.3, 0.4) is 0 Å². The highest BCUT2D eigenvalue weighted by atomic mass is 16.1. The van der Waals surface area contributed by atoms with Crippen LogP contribution in [0.4, 0.5) is 5.69 Å². The summed E-state index contributed by atoms with van der Waals surface area (Å²) in [6.07, 6.45) is 13.2. The summed E-state index contributed by atoms with van der Waals surface area (Å²) in [5.74, 6) is -0.145. The van der Waals surface area contributed by atoms with Gasteiger partial charge in [-0.3, -0.25) is 9.89 Å². The predicted molar refractivity (Wildman–Crippen MR) is 92.3 cm³/mol. The molecule has 0 unspecified atom stereocenters. The molecule has 1 saturated carbocycles. The van der Waals surface area contributed by atoms with Crippen LogP contribution in [0, 0.1) is 13.8 Å². The average Bonchev–Trinajstić information content (AvgIpc) is 3.14. The van der Waals surface area contributed by atoms with Crippen LogP contribution in [0.2, 0.25) is 0 Å². The number of nitrogens with zero attached hydrogens (tertiary/aromatic N) is 2. The highest BCUT2D eigenvalue weighted by molar-refractivity contribution is 6.01. The van der Waals surface area contributed by atoms with E-state index in [-0.39, 0.29) is 5.91 Å². The van der Waals surface area contributed by atoms with E-state index < -0.39 is 0 Å². The predicted octanol–water partition coefficient (Wildman–Crippen LogP) is 3.99. The minimum Gasteiger partial charge on any atom is -0.346 e. The number of H-pyrrole nitrogens is 1. The van der Waals surface area contributed by atoms with Gasteiger partial charge in [0.15, 0.2) is 0 Å². The Morgan fingerprint density at radius 1 is 1.35 bits per heavy atom. The van der Waals surface area contributed by atoms with Gasteiger partial charge in [-0.05, 0) is 44.4 Å². The number of rotatable bonds is 4. The first-order valence-electron chi connectivity index (χ1n) is 8.31. The minimum atomic E-state index is -0.145. The molecule has 3 rings (SSSR count). The van der Waals surface area contributed by atoms with Crippen molar-refractivity contribution in [3.8, 4) is 0 Å². The molecule has 1 aliphatic rings. The molecule has 5 heteroatoms. The van der Waals surface area contributed by atoms with Crippen LogP contribution < -0.4 is 5.32 Å². The first-order chi connectivity index (χ1) is 11.1. The van der Waals surface area contributed by atoms with Crippen LogP contribution >= 0.6 is 0 Å². The van der Waals surface area contributed by atoms with Gasteiger partial charge in [-0.25, -0.2) is 0 Å². The number of aromatic nitrogens is 3. The van der Waals surface area contributed by atoms with Crippen molar-refractivity contribution in [1.29, 1.82) is 0 Å². The smallest absolute Gasteiger partial charge is 0.248 e. The van der Waals surface area contributed by atoms with Gasteiger partial charge in [0, 0.05) is 29.7 Å². The Morgan fingerprint density at radius 2 is 2.13 bits per heavy atom. The molecular formula is C18H24N4O. The SMILES string of the molecule is Cc1cc(C=CC(=O)Nc2cn[nH]c2)c(C)n1C1CCCCC1. The monoisotopic (exact) mass is 312 g/mol. The molecule has 0 atom stereocenters. The molecule has 1 fully saturated rings. The van der Waals surface area contributed by atoms with Crippen molar-refractivity contribution in [1.82, 2.24) is 14.8 Å². The summed E-state index contributed by atoms with van der Waals surface area (Å²) >= 11 is 0. The number of nitrogens with one attached hydrogen (secondary N) is 2. The summed E-state index contributed by atoms with van der Waals surface area (Å²) in [5, 5.41) is 9.25. The average molecular weight is 312 g/mol. The molecule has 1 aliphatic carbocycles. The molecule has 5 nitrogen and oxygen atoms in total. The zero-order valence-electron chi connectivity index (χ0n) is 13.8. The molecule has 0 spiro atoms. The largest absolute Gasteiger partial charge is 0.346 e. The van der Waals surface area contributed by atoms with Gasteiger partial charge in [-0.15, -0.1) is 0 Å². The summed E-state index contributed by atoms with van der Waals surface area (Å²) in [4.78, 5) is 11.9. The van der Waals surface area contributed by atoms with Gasteiger partial charge < -0.3 is 9.88 Å². The fraction of sp³-hybridized carbons (Fsp3) is 0.444. The normalized spacial score (nSPS) is 16.1. The molecule has 0 saturated heterocycles. The molecule has 0 radical (unpaired) electrons. The standard InChI is InChI=1S/C18H24N4O/c1-13-10-15(8-9-18(23)21-16-11-19-20-12-16)14(2)22(13)17-6-4-3-5-7-17/h8-12,17H,3-7H2,1-2H3,(H,19,20)(H,21,23). The maximum absolute atomic E-state index is 11.9. The van der Waals surface area contributed by atoms with Crippen molar-refractivity contribution in [2.45, 2.75) is 52.0 Å². The maximum Gasteiger partial charge on any atom is 0.248 e. The van der Waals surface area contributed by atoms with Crippen LogP contribution in [0.15, 0.2) is 24.5 Å². The number of carbonyl (C=O) groups is 1. The summed E-state index contributed by atoms with van der Waals surface area (Å²) in [5.41, 5.74) is 4.33. The highest BCUT2D eigenvalue weighted by Crippen LogP contribution is 2.32. The Kier molecular flexibility index (Phi) is 4.65. The van der Waals surface area contributed by atoms with Crippen molar-refractivity contribution >= 4 is 17.7 Å². The van der Waals surface area contributed by atoms with Crippen LogP contribution in [0.25, 0.3) is 6.08 Å². The van der Waals surface area contributed by atoms with Crippen LogP contribution in [0.5, 0.6) is 0 Å². The summed E-state index contributed by atoms with van der Waals surface area (Å²) in [7, 11) is 0. The van der Waals surface area contributed by atoms with E-state index in [0.717, 1.165) is 5.56 Å². The second-order valence-corrected chi connectivity index (χ2v) is 6.30. The lowest BCUT2D eigenvalue weighted by molar-refractivity contribution is -0.111. The van der Waals surface area contributed by atoms with Crippen LogP contribution in [0.1, 0.15) is 55.1 Å². The van der Waals surface area contributed by atoms with Gasteiger partial charge in [0.1, 0.15) is 0 Å².